The molecule has 0 N–H and O–H groups in total. The SMILES string of the molecule is N#Cc1ccc(C2CC2c2cc(Cl)nn3ccnc23)nc1. The first kappa shape index (κ1) is 12.3. The molecule has 1 saturated carbocycles. The minimum atomic E-state index is 0.357. The maximum absolute atomic E-state index is 8.82. The quantitative estimate of drug-likeness (QED) is 0.729. The summed E-state index contributed by atoms with van der Waals surface area (Å²) in [6, 6.07) is 7.70. The van der Waals surface area contributed by atoms with Crippen molar-refractivity contribution in [1.29, 1.82) is 5.26 Å². The van der Waals surface area contributed by atoms with Crippen LogP contribution in [-0.4, -0.2) is 19.6 Å². The van der Waals surface area contributed by atoms with Gasteiger partial charge in [0.05, 0.1) is 5.56 Å². The Hall–Kier alpha value is -2.45. The zero-order chi connectivity index (χ0) is 14.4. The molecule has 0 saturated heterocycles. The molecule has 4 rings (SSSR count). The molecule has 0 spiro atoms. The van der Waals surface area contributed by atoms with Crippen molar-refractivity contribution in [2.24, 2.45) is 0 Å². The molecule has 0 aliphatic heterocycles. The molecule has 3 aromatic heterocycles. The molecule has 6 heteroatoms. The van der Waals surface area contributed by atoms with Crippen molar-refractivity contribution in [3.63, 3.8) is 0 Å². The van der Waals surface area contributed by atoms with Crippen molar-refractivity contribution < 1.29 is 0 Å². The number of hydrogen-bond donors (Lipinski definition) is 0. The fourth-order valence-corrected chi connectivity index (χ4v) is 2.94. The van der Waals surface area contributed by atoms with Gasteiger partial charge in [-0.3, -0.25) is 4.98 Å². The van der Waals surface area contributed by atoms with Crippen LogP contribution < -0.4 is 0 Å². The molecule has 5 nitrogen and oxygen atoms in total. The molecule has 0 amide bonds. The van der Waals surface area contributed by atoms with Gasteiger partial charge < -0.3 is 0 Å². The fourth-order valence-electron chi connectivity index (χ4n) is 2.74. The van der Waals surface area contributed by atoms with E-state index in [1.165, 1.54) is 0 Å². The van der Waals surface area contributed by atoms with E-state index in [4.69, 9.17) is 16.9 Å². The lowest BCUT2D eigenvalue weighted by Gasteiger charge is -2.04. The molecule has 102 valence electrons. The number of nitriles is 1. The summed E-state index contributed by atoms with van der Waals surface area (Å²) in [5.41, 5.74) is 3.55. The summed E-state index contributed by atoms with van der Waals surface area (Å²) in [6.45, 7) is 0. The van der Waals surface area contributed by atoms with Crippen LogP contribution in [0.25, 0.3) is 5.65 Å². The summed E-state index contributed by atoms with van der Waals surface area (Å²) in [6.07, 6.45) is 6.15. The second kappa shape index (κ2) is 4.54. The van der Waals surface area contributed by atoms with Crippen LogP contribution in [0.15, 0.2) is 36.8 Å². The first-order valence-corrected chi connectivity index (χ1v) is 7.00. The lowest BCUT2D eigenvalue weighted by Crippen LogP contribution is -1.97. The van der Waals surface area contributed by atoms with Crippen LogP contribution in [-0.2, 0) is 0 Å². The topological polar surface area (TPSA) is 66.9 Å². The van der Waals surface area contributed by atoms with E-state index in [0.717, 1.165) is 23.3 Å². The number of aromatic nitrogens is 4. The summed E-state index contributed by atoms with van der Waals surface area (Å²) in [4.78, 5) is 8.73. The third-order valence-corrected chi connectivity index (χ3v) is 4.03. The zero-order valence-corrected chi connectivity index (χ0v) is 11.7. The maximum atomic E-state index is 8.82. The number of rotatable bonds is 2. The van der Waals surface area contributed by atoms with Gasteiger partial charge in [-0.25, -0.2) is 9.50 Å². The summed E-state index contributed by atoms with van der Waals surface area (Å²) >= 11 is 6.07. The molecular formula is C15H10ClN5. The highest BCUT2D eigenvalue weighted by molar-refractivity contribution is 6.29. The second-order valence-corrected chi connectivity index (χ2v) is 5.54. The van der Waals surface area contributed by atoms with Crippen LogP contribution in [0.5, 0.6) is 0 Å². The first-order chi connectivity index (χ1) is 10.3. The lowest BCUT2D eigenvalue weighted by atomic mass is 10.1. The highest BCUT2D eigenvalue weighted by atomic mass is 35.5. The minimum Gasteiger partial charge on any atom is -0.260 e. The van der Waals surface area contributed by atoms with E-state index in [0.29, 0.717) is 22.6 Å². The van der Waals surface area contributed by atoms with Crippen LogP contribution in [0.1, 0.15) is 35.1 Å². The van der Waals surface area contributed by atoms with E-state index in [-0.39, 0.29) is 0 Å². The Balaban J connectivity index is 1.69. The lowest BCUT2D eigenvalue weighted by molar-refractivity contribution is 0.899. The molecule has 0 radical (unpaired) electrons. The Morgan fingerprint density at radius 3 is 2.95 bits per heavy atom. The van der Waals surface area contributed by atoms with Crippen molar-refractivity contribution >= 4 is 17.2 Å². The predicted octanol–water partition coefficient (Wildman–Crippen LogP) is 2.92. The van der Waals surface area contributed by atoms with Crippen LogP contribution in [0.2, 0.25) is 5.15 Å². The summed E-state index contributed by atoms with van der Waals surface area (Å²) < 4.78 is 1.71. The van der Waals surface area contributed by atoms with E-state index in [1.807, 2.05) is 18.2 Å². The maximum Gasteiger partial charge on any atom is 0.157 e. The molecule has 0 bridgehead atoms. The third-order valence-electron chi connectivity index (χ3n) is 3.84. The van der Waals surface area contributed by atoms with Gasteiger partial charge in [0.1, 0.15) is 11.2 Å². The number of nitrogens with zero attached hydrogens (tertiary/aromatic N) is 5. The van der Waals surface area contributed by atoms with Gasteiger partial charge in [0.25, 0.3) is 0 Å². The van der Waals surface area contributed by atoms with Crippen LogP contribution in [0.4, 0.5) is 0 Å². The highest BCUT2D eigenvalue weighted by Crippen LogP contribution is 2.54. The van der Waals surface area contributed by atoms with Gasteiger partial charge >= 0.3 is 0 Å². The minimum absolute atomic E-state index is 0.357. The van der Waals surface area contributed by atoms with Gasteiger partial charge in [0, 0.05) is 35.8 Å². The van der Waals surface area contributed by atoms with E-state index in [2.05, 4.69) is 21.1 Å². The smallest absolute Gasteiger partial charge is 0.157 e. The zero-order valence-electron chi connectivity index (χ0n) is 10.9. The Labute approximate surface area is 125 Å². The van der Waals surface area contributed by atoms with E-state index >= 15 is 0 Å². The molecular weight excluding hydrogens is 286 g/mol. The van der Waals surface area contributed by atoms with Crippen molar-refractivity contribution in [2.45, 2.75) is 18.3 Å². The first-order valence-electron chi connectivity index (χ1n) is 6.62. The monoisotopic (exact) mass is 295 g/mol. The van der Waals surface area contributed by atoms with Gasteiger partial charge in [0.15, 0.2) is 5.65 Å². The number of fused-ring (bicyclic) bond motifs is 1. The molecule has 21 heavy (non-hydrogen) atoms. The van der Waals surface area contributed by atoms with Crippen molar-refractivity contribution in [2.75, 3.05) is 0 Å². The van der Waals surface area contributed by atoms with Gasteiger partial charge in [-0.05, 0) is 30.5 Å². The summed E-state index contributed by atoms with van der Waals surface area (Å²) in [5.74, 6) is 0.715. The van der Waals surface area contributed by atoms with Gasteiger partial charge in [-0.1, -0.05) is 11.6 Å². The van der Waals surface area contributed by atoms with E-state index in [1.54, 1.807) is 23.1 Å². The molecule has 1 aliphatic rings. The molecule has 0 aromatic carbocycles. The predicted molar refractivity (Wildman–Crippen MR) is 77.0 cm³/mol. The second-order valence-electron chi connectivity index (χ2n) is 5.15. The van der Waals surface area contributed by atoms with Crippen LogP contribution in [0.3, 0.4) is 0 Å². The Bertz CT molecular complexity index is 862. The normalized spacial score (nSPS) is 20.4. The molecule has 1 fully saturated rings. The number of imidazole rings is 1. The summed E-state index contributed by atoms with van der Waals surface area (Å²) in [7, 11) is 0. The van der Waals surface area contributed by atoms with Crippen molar-refractivity contribution in [1.82, 2.24) is 19.6 Å². The molecule has 3 aromatic rings. The Kier molecular flexibility index (Phi) is 2.66. The van der Waals surface area contributed by atoms with Crippen LogP contribution in [0, 0.1) is 11.3 Å². The van der Waals surface area contributed by atoms with Crippen molar-refractivity contribution in [3.05, 3.63) is 58.8 Å². The van der Waals surface area contributed by atoms with E-state index < -0.39 is 0 Å². The van der Waals surface area contributed by atoms with Crippen LogP contribution >= 0.6 is 11.6 Å². The molecule has 1 aliphatic carbocycles. The Morgan fingerprint density at radius 2 is 2.19 bits per heavy atom. The van der Waals surface area contributed by atoms with Gasteiger partial charge in [-0.2, -0.15) is 10.4 Å². The molecule has 2 unspecified atom stereocenters. The average Bonchev–Trinajstić information content (AvgIpc) is 3.16. The van der Waals surface area contributed by atoms with Gasteiger partial charge in [0.2, 0.25) is 0 Å². The summed E-state index contributed by atoms with van der Waals surface area (Å²) in [5, 5.41) is 13.5. The standard InChI is InChI=1S/C15H10ClN5/c16-14-6-12(15-18-3-4-21(15)20-14)10-5-11(10)13-2-1-9(7-17)8-19-13/h1-4,6,8,10-11H,5H2. The number of pyridine rings is 1. The highest BCUT2D eigenvalue weighted by Gasteiger charge is 2.42. The molecule has 3 heterocycles. The largest absolute Gasteiger partial charge is 0.260 e. The molecule has 2 atom stereocenters. The average molecular weight is 296 g/mol. The fraction of sp³-hybridized carbons (Fsp3) is 0.200. The van der Waals surface area contributed by atoms with Crippen molar-refractivity contribution in [3.8, 4) is 6.07 Å². The Morgan fingerprint density at radius 1 is 1.29 bits per heavy atom. The van der Waals surface area contributed by atoms with Gasteiger partial charge in [-0.15, -0.1) is 0 Å². The number of hydrogen-bond acceptors (Lipinski definition) is 4. The third kappa shape index (κ3) is 2.05. The number of halogens is 1. The van der Waals surface area contributed by atoms with E-state index in [9.17, 15) is 0 Å².